The molecule has 2 fully saturated rings. The fourth-order valence-electron chi connectivity index (χ4n) is 2.98. The molecule has 0 saturated carbocycles. The summed E-state index contributed by atoms with van der Waals surface area (Å²) in [5.74, 6) is 0.226. The van der Waals surface area contributed by atoms with Crippen LogP contribution in [0.4, 0.5) is 0 Å². The van der Waals surface area contributed by atoms with Gasteiger partial charge >= 0.3 is 0 Å². The topological polar surface area (TPSA) is 61.4 Å². The third kappa shape index (κ3) is 4.33. The fourth-order valence-corrected chi connectivity index (χ4v) is 3.51. The molecule has 2 heterocycles. The normalized spacial score (nSPS) is 20.2. The predicted octanol–water partition coefficient (Wildman–Crippen LogP) is 2.36. The number of hydrogen-bond acceptors (Lipinski definition) is 3. The van der Waals surface area contributed by atoms with Crippen LogP contribution in [0.2, 0.25) is 10.0 Å². The van der Waals surface area contributed by atoms with E-state index in [4.69, 9.17) is 23.2 Å². The number of hydrogen-bond donors (Lipinski definition) is 2. The first kappa shape index (κ1) is 19.3. The molecule has 1 aromatic rings. The van der Waals surface area contributed by atoms with Gasteiger partial charge in [0.05, 0.1) is 0 Å². The van der Waals surface area contributed by atoms with E-state index in [2.05, 4.69) is 10.6 Å². The molecule has 3 rings (SSSR count). The van der Waals surface area contributed by atoms with Crippen LogP contribution in [0, 0.1) is 5.92 Å². The second-order valence-corrected chi connectivity index (χ2v) is 6.96. The first-order valence-electron chi connectivity index (χ1n) is 7.80. The Morgan fingerprint density at radius 3 is 2.46 bits per heavy atom. The Hall–Kier alpha value is -1.01. The first-order valence-corrected chi connectivity index (χ1v) is 8.55. The van der Waals surface area contributed by atoms with E-state index in [0.29, 0.717) is 41.0 Å². The first-order chi connectivity index (χ1) is 11.0. The second kappa shape index (κ2) is 8.39. The molecule has 2 amide bonds. The number of carbonyl (C=O) groups excluding carboxylic acids is 2. The lowest BCUT2D eigenvalue weighted by molar-refractivity contribution is -0.125. The van der Waals surface area contributed by atoms with Crippen molar-refractivity contribution < 1.29 is 9.59 Å². The number of halogens is 3. The highest BCUT2D eigenvalue weighted by Gasteiger charge is 2.35. The fraction of sp³-hybridized carbons (Fsp3) is 0.500. The molecule has 1 aromatic carbocycles. The maximum atomic E-state index is 12.7. The van der Waals surface area contributed by atoms with Gasteiger partial charge in [0, 0.05) is 47.7 Å². The summed E-state index contributed by atoms with van der Waals surface area (Å²) in [5, 5.41) is 6.96. The van der Waals surface area contributed by atoms with Crippen LogP contribution in [0.5, 0.6) is 0 Å². The molecule has 2 aliphatic heterocycles. The molecule has 24 heavy (non-hydrogen) atoms. The second-order valence-electron chi connectivity index (χ2n) is 6.08. The Kier molecular flexibility index (Phi) is 6.75. The Labute approximate surface area is 157 Å². The van der Waals surface area contributed by atoms with Gasteiger partial charge in [0.25, 0.3) is 5.91 Å². The van der Waals surface area contributed by atoms with Crippen molar-refractivity contribution in [3.05, 3.63) is 33.8 Å². The maximum absolute atomic E-state index is 12.7. The molecule has 8 heteroatoms. The summed E-state index contributed by atoms with van der Waals surface area (Å²) in [6.07, 6.45) is 1.51. The van der Waals surface area contributed by atoms with Crippen LogP contribution in [-0.4, -0.2) is 48.9 Å². The number of nitrogens with one attached hydrogen (secondary N) is 2. The molecule has 0 bridgehead atoms. The van der Waals surface area contributed by atoms with Gasteiger partial charge in [-0.25, -0.2) is 0 Å². The third-order valence-corrected chi connectivity index (χ3v) is 4.79. The van der Waals surface area contributed by atoms with Crippen molar-refractivity contribution >= 4 is 47.4 Å². The van der Waals surface area contributed by atoms with Gasteiger partial charge in [0.2, 0.25) is 5.91 Å². The average Bonchev–Trinajstić information content (AvgIpc) is 2.93. The largest absolute Gasteiger partial charge is 0.354 e. The number of amides is 2. The van der Waals surface area contributed by atoms with Crippen LogP contribution in [0.1, 0.15) is 23.2 Å². The van der Waals surface area contributed by atoms with Gasteiger partial charge in [-0.2, -0.15) is 0 Å². The Morgan fingerprint density at radius 1 is 1.21 bits per heavy atom. The number of rotatable bonds is 4. The molecule has 0 aromatic heterocycles. The Balaban J connectivity index is 0.00000208. The Bertz CT molecular complexity index is 602. The highest BCUT2D eigenvalue weighted by Crippen LogP contribution is 2.24. The molecule has 5 nitrogen and oxygen atoms in total. The van der Waals surface area contributed by atoms with E-state index in [1.54, 1.807) is 23.1 Å². The molecule has 2 saturated heterocycles. The van der Waals surface area contributed by atoms with Gasteiger partial charge in [-0.1, -0.05) is 23.2 Å². The molecule has 0 aliphatic carbocycles. The molecule has 0 spiro atoms. The van der Waals surface area contributed by atoms with Crippen LogP contribution in [0.25, 0.3) is 0 Å². The van der Waals surface area contributed by atoms with Crippen molar-refractivity contribution in [2.45, 2.75) is 18.9 Å². The average molecular weight is 393 g/mol. The highest BCUT2D eigenvalue weighted by atomic mass is 35.5. The number of carbonyl (C=O) groups is 2. The van der Waals surface area contributed by atoms with E-state index >= 15 is 0 Å². The quantitative estimate of drug-likeness (QED) is 0.827. The van der Waals surface area contributed by atoms with Gasteiger partial charge in [-0.15, -0.1) is 12.4 Å². The predicted molar refractivity (Wildman–Crippen MR) is 97.1 cm³/mol. The van der Waals surface area contributed by atoms with Crippen molar-refractivity contribution in [2.24, 2.45) is 5.92 Å². The van der Waals surface area contributed by atoms with E-state index in [-0.39, 0.29) is 24.2 Å². The molecule has 1 atom stereocenters. The molecule has 132 valence electrons. The van der Waals surface area contributed by atoms with E-state index in [9.17, 15) is 9.59 Å². The summed E-state index contributed by atoms with van der Waals surface area (Å²) in [4.78, 5) is 26.7. The Morgan fingerprint density at radius 2 is 1.88 bits per heavy atom. The lowest BCUT2D eigenvalue weighted by Gasteiger charge is -2.29. The van der Waals surface area contributed by atoms with Gasteiger partial charge < -0.3 is 15.5 Å². The van der Waals surface area contributed by atoms with Crippen LogP contribution in [0.3, 0.4) is 0 Å². The summed E-state index contributed by atoms with van der Waals surface area (Å²) >= 11 is 11.9. The van der Waals surface area contributed by atoms with E-state index in [1.165, 1.54) is 0 Å². The minimum atomic E-state index is -0.409. The van der Waals surface area contributed by atoms with Crippen molar-refractivity contribution in [1.29, 1.82) is 0 Å². The smallest absolute Gasteiger partial charge is 0.254 e. The van der Waals surface area contributed by atoms with Gasteiger partial charge in [0.1, 0.15) is 6.04 Å². The van der Waals surface area contributed by atoms with Crippen molar-refractivity contribution in [2.75, 3.05) is 26.2 Å². The van der Waals surface area contributed by atoms with E-state index in [0.717, 1.165) is 19.5 Å². The molecular weight excluding hydrogens is 373 g/mol. The van der Waals surface area contributed by atoms with Gasteiger partial charge in [0.15, 0.2) is 0 Å². The van der Waals surface area contributed by atoms with Crippen molar-refractivity contribution in [3.63, 3.8) is 0 Å². The summed E-state index contributed by atoms with van der Waals surface area (Å²) in [6, 6.07) is 4.35. The summed E-state index contributed by atoms with van der Waals surface area (Å²) < 4.78 is 0. The molecule has 2 aliphatic rings. The summed E-state index contributed by atoms with van der Waals surface area (Å²) in [5.41, 5.74) is 0.422. The lowest BCUT2D eigenvalue weighted by atomic mass is 10.0. The summed E-state index contributed by atoms with van der Waals surface area (Å²) in [6.45, 7) is 3.11. The standard InChI is InChI=1S/C16H19Cl2N3O2.ClH/c17-12-4-11(5-13(18)6-12)16(23)21-3-1-2-14(21)15(22)20-9-10-7-19-8-10;/h4-6,10,14,19H,1-3,7-9H2,(H,20,22);1H. The number of likely N-dealkylation sites (tertiary alicyclic amines) is 1. The third-order valence-electron chi connectivity index (χ3n) is 4.36. The highest BCUT2D eigenvalue weighted by molar-refractivity contribution is 6.35. The molecule has 1 unspecified atom stereocenters. The minimum Gasteiger partial charge on any atom is -0.354 e. The van der Waals surface area contributed by atoms with Crippen LogP contribution in [-0.2, 0) is 4.79 Å². The zero-order valence-corrected chi connectivity index (χ0v) is 15.4. The number of benzene rings is 1. The zero-order valence-electron chi connectivity index (χ0n) is 13.1. The lowest BCUT2D eigenvalue weighted by Crippen LogP contribution is -2.51. The van der Waals surface area contributed by atoms with Gasteiger partial charge in [-0.3, -0.25) is 9.59 Å². The maximum Gasteiger partial charge on any atom is 0.254 e. The van der Waals surface area contributed by atoms with Crippen LogP contribution in [0.15, 0.2) is 18.2 Å². The number of nitrogens with zero attached hydrogens (tertiary/aromatic N) is 1. The van der Waals surface area contributed by atoms with Crippen LogP contribution < -0.4 is 10.6 Å². The van der Waals surface area contributed by atoms with Crippen LogP contribution >= 0.6 is 35.6 Å². The molecule has 2 N–H and O–H groups in total. The molecular formula is C16H20Cl3N3O2. The van der Waals surface area contributed by atoms with Crippen molar-refractivity contribution in [1.82, 2.24) is 15.5 Å². The van der Waals surface area contributed by atoms with Crippen molar-refractivity contribution in [3.8, 4) is 0 Å². The summed E-state index contributed by atoms with van der Waals surface area (Å²) in [7, 11) is 0. The van der Waals surface area contributed by atoms with E-state index in [1.807, 2.05) is 0 Å². The SMILES string of the molecule is Cl.O=C(NCC1CNC1)C1CCCN1C(=O)c1cc(Cl)cc(Cl)c1. The van der Waals surface area contributed by atoms with E-state index < -0.39 is 6.04 Å². The zero-order chi connectivity index (χ0) is 16.4. The molecule has 0 radical (unpaired) electrons. The van der Waals surface area contributed by atoms with Gasteiger partial charge in [-0.05, 0) is 31.0 Å². The minimum absolute atomic E-state index is 0. The monoisotopic (exact) mass is 391 g/mol.